The molecule has 4 rings (SSSR count). The molecule has 158 valence electrons. The van der Waals surface area contributed by atoms with Crippen molar-refractivity contribution in [3.05, 3.63) is 58.3 Å². The zero-order chi connectivity index (χ0) is 21.1. The summed E-state index contributed by atoms with van der Waals surface area (Å²) in [4.78, 5) is 33.2. The first kappa shape index (κ1) is 20.2. The molecule has 2 aliphatic heterocycles. The molecular weight excluding hydrogens is 404 g/mol. The van der Waals surface area contributed by atoms with Gasteiger partial charge in [-0.15, -0.1) is 11.3 Å². The number of amides is 2. The molecule has 3 atom stereocenters. The quantitative estimate of drug-likeness (QED) is 0.781. The molecule has 1 aromatic carbocycles. The molecule has 0 aliphatic carbocycles. The Labute approximate surface area is 178 Å². The lowest BCUT2D eigenvalue weighted by Gasteiger charge is -2.39. The lowest BCUT2D eigenvalue weighted by atomic mass is 10.0. The lowest BCUT2D eigenvalue weighted by Crippen LogP contribution is -2.61. The summed E-state index contributed by atoms with van der Waals surface area (Å²) in [5.41, 5.74) is 1.04. The summed E-state index contributed by atoms with van der Waals surface area (Å²) >= 11 is 1.54. The van der Waals surface area contributed by atoms with Crippen LogP contribution in [0.15, 0.2) is 52.8 Å². The van der Waals surface area contributed by atoms with Crippen LogP contribution in [0.4, 0.5) is 4.79 Å². The zero-order valence-electron chi connectivity index (χ0n) is 16.6. The number of aliphatic imine (C=N–C) groups is 1. The van der Waals surface area contributed by atoms with Crippen molar-refractivity contribution in [1.29, 1.82) is 0 Å². The van der Waals surface area contributed by atoms with E-state index in [0.717, 1.165) is 10.4 Å². The van der Waals surface area contributed by atoms with Gasteiger partial charge in [0.25, 0.3) is 6.02 Å². The summed E-state index contributed by atoms with van der Waals surface area (Å²) in [7, 11) is 0. The molecular formula is C21H24N4O4S. The molecule has 2 aromatic rings. The first-order valence-corrected chi connectivity index (χ1v) is 10.7. The molecule has 1 aromatic heterocycles. The van der Waals surface area contributed by atoms with E-state index in [2.05, 4.69) is 10.3 Å². The monoisotopic (exact) mass is 428 g/mol. The Morgan fingerprint density at radius 3 is 2.73 bits per heavy atom. The second kappa shape index (κ2) is 8.74. The van der Waals surface area contributed by atoms with Gasteiger partial charge >= 0.3 is 6.09 Å². The predicted octanol–water partition coefficient (Wildman–Crippen LogP) is 2.54. The van der Waals surface area contributed by atoms with E-state index in [1.54, 1.807) is 11.3 Å². The van der Waals surface area contributed by atoms with Crippen molar-refractivity contribution in [2.45, 2.75) is 31.7 Å². The third-order valence-corrected chi connectivity index (χ3v) is 6.21. The van der Waals surface area contributed by atoms with Crippen molar-refractivity contribution in [3.63, 3.8) is 0 Å². The number of rotatable bonds is 4. The van der Waals surface area contributed by atoms with Crippen LogP contribution in [0.5, 0.6) is 0 Å². The Bertz CT molecular complexity index is 918. The van der Waals surface area contributed by atoms with E-state index in [1.165, 1.54) is 4.90 Å². The predicted molar refractivity (Wildman–Crippen MR) is 113 cm³/mol. The van der Waals surface area contributed by atoms with Crippen molar-refractivity contribution in [2.75, 3.05) is 19.6 Å². The highest BCUT2D eigenvalue weighted by Crippen LogP contribution is 2.30. The number of amidine groups is 1. The number of carboxylic acid groups (broad SMARTS) is 1. The molecule has 30 heavy (non-hydrogen) atoms. The van der Waals surface area contributed by atoms with Gasteiger partial charge in [-0.1, -0.05) is 36.4 Å². The number of hydrogen-bond donors (Lipinski definition) is 2. The van der Waals surface area contributed by atoms with Gasteiger partial charge < -0.3 is 20.1 Å². The minimum atomic E-state index is -1.10. The number of hydrogen-bond acceptors (Lipinski definition) is 6. The first-order chi connectivity index (χ1) is 14.5. The number of carbonyl (C=O) groups excluding carboxylic acids is 1. The van der Waals surface area contributed by atoms with Crippen LogP contribution in [0, 0.1) is 0 Å². The van der Waals surface area contributed by atoms with Gasteiger partial charge in [0.1, 0.15) is 12.1 Å². The van der Waals surface area contributed by atoms with Crippen molar-refractivity contribution in [1.82, 2.24) is 15.1 Å². The number of ether oxygens (including phenoxy) is 1. The number of nitrogens with zero attached hydrogens (tertiary/aromatic N) is 3. The summed E-state index contributed by atoms with van der Waals surface area (Å²) in [6.07, 6.45) is -1.29. The topological polar surface area (TPSA) is 94.5 Å². The van der Waals surface area contributed by atoms with E-state index in [-0.39, 0.29) is 31.1 Å². The summed E-state index contributed by atoms with van der Waals surface area (Å²) in [6.45, 7) is 3.21. The molecule has 0 saturated carbocycles. The maximum Gasteiger partial charge on any atom is 0.408 e. The average Bonchev–Trinajstić information content (AvgIpc) is 3.42. The van der Waals surface area contributed by atoms with Gasteiger partial charge in [0.2, 0.25) is 5.91 Å². The fourth-order valence-corrected chi connectivity index (χ4v) is 4.39. The molecule has 1 fully saturated rings. The zero-order valence-corrected chi connectivity index (χ0v) is 17.4. The van der Waals surface area contributed by atoms with E-state index in [1.807, 2.05) is 59.7 Å². The van der Waals surface area contributed by atoms with E-state index in [9.17, 15) is 14.7 Å². The lowest BCUT2D eigenvalue weighted by molar-refractivity contribution is -0.127. The van der Waals surface area contributed by atoms with E-state index in [0.29, 0.717) is 19.1 Å². The molecule has 8 nitrogen and oxygen atoms in total. The van der Waals surface area contributed by atoms with E-state index < -0.39 is 12.1 Å². The Hall–Kier alpha value is -3.07. The molecule has 2 amide bonds. The second-order valence-electron chi connectivity index (χ2n) is 7.34. The standard InChI is InChI=1S/C21H24N4O4S/c1-14-18(15-6-3-2-4-7-15)29-20(23-14)24-9-10-25(21(27)28)17(13-24)19(26)22-12-16-8-5-11-30-16/h2-8,11,14,17-18H,9-10,12-13H2,1H3,(H,22,26)(H,27,28)/t14-,17-,18+/m0/s1. The highest BCUT2D eigenvalue weighted by molar-refractivity contribution is 7.09. The largest absolute Gasteiger partial charge is 0.465 e. The fraction of sp³-hybridized carbons (Fsp3) is 0.381. The molecule has 0 bridgehead atoms. The number of piperazine rings is 1. The van der Waals surface area contributed by atoms with Gasteiger partial charge in [-0.2, -0.15) is 0 Å². The highest BCUT2D eigenvalue weighted by Gasteiger charge is 2.39. The van der Waals surface area contributed by atoms with Gasteiger partial charge in [0, 0.05) is 18.0 Å². The van der Waals surface area contributed by atoms with Gasteiger partial charge in [0.05, 0.1) is 19.1 Å². The summed E-state index contributed by atoms with van der Waals surface area (Å²) in [6, 6.07) is 13.3. The molecule has 1 saturated heterocycles. The van der Waals surface area contributed by atoms with Gasteiger partial charge in [-0.05, 0) is 23.9 Å². The van der Waals surface area contributed by atoms with Crippen LogP contribution in [0.3, 0.4) is 0 Å². The number of carbonyl (C=O) groups is 2. The van der Waals surface area contributed by atoms with Gasteiger partial charge in [-0.25, -0.2) is 9.79 Å². The van der Waals surface area contributed by atoms with Crippen molar-refractivity contribution in [2.24, 2.45) is 4.99 Å². The fourth-order valence-electron chi connectivity index (χ4n) is 3.75. The van der Waals surface area contributed by atoms with Gasteiger partial charge in [-0.3, -0.25) is 9.69 Å². The molecule has 0 radical (unpaired) electrons. The van der Waals surface area contributed by atoms with Crippen LogP contribution in [-0.4, -0.2) is 64.6 Å². The Kier molecular flexibility index (Phi) is 5.89. The first-order valence-electron chi connectivity index (χ1n) is 9.87. The average molecular weight is 429 g/mol. The Balaban J connectivity index is 1.44. The van der Waals surface area contributed by atoms with Crippen LogP contribution in [0.2, 0.25) is 0 Å². The SMILES string of the molecule is C[C@@H]1N=C(N2CCN(C(=O)O)[C@H](C(=O)NCc3cccs3)C2)O[C@H]1c1ccccc1. The van der Waals surface area contributed by atoms with E-state index >= 15 is 0 Å². The number of benzene rings is 1. The van der Waals surface area contributed by atoms with Crippen LogP contribution >= 0.6 is 11.3 Å². The maximum absolute atomic E-state index is 12.8. The van der Waals surface area contributed by atoms with Crippen molar-refractivity contribution >= 4 is 29.4 Å². The smallest absolute Gasteiger partial charge is 0.408 e. The molecule has 2 N–H and O–H groups in total. The highest BCUT2D eigenvalue weighted by atomic mass is 32.1. The molecule has 2 aliphatic rings. The summed E-state index contributed by atoms with van der Waals surface area (Å²) in [5.74, 6) is -0.318. The maximum atomic E-state index is 12.8. The minimum Gasteiger partial charge on any atom is -0.465 e. The summed E-state index contributed by atoms with van der Waals surface area (Å²) in [5, 5.41) is 14.4. The van der Waals surface area contributed by atoms with Crippen LogP contribution < -0.4 is 5.32 Å². The molecule has 3 heterocycles. The van der Waals surface area contributed by atoms with Crippen molar-refractivity contribution in [3.8, 4) is 0 Å². The third-order valence-electron chi connectivity index (χ3n) is 5.33. The second-order valence-corrected chi connectivity index (χ2v) is 8.37. The van der Waals surface area contributed by atoms with Crippen LogP contribution in [0.25, 0.3) is 0 Å². The third kappa shape index (κ3) is 4.25. The van der Waals surface area contributed by atoms with Crippen LogP contribution in [-0.2, 0) is 16.1 Å². The van der Waals surface area contributed by atoms with E-state index in [4.69, 9.17) is 4.74 Å². The Morgan fingerprint density at radius 1 is 1.23 bits per heavy atom. The van der Waals surface area contributed by atoms with Crippen LogP contribution in [0.1, 0.15) is 23.5 Å². The number of nitrogens with one attached hydrogen (secondary N) is 1. The molecule has 0 spiro atoms. The number of thiophene rings is 1. The molecule has 9 heteroatoms. The van der Waals surface area contributed by atoms with Crippen molar-refractivity contribution < 1.29 is 19.4 Å². The Morgan fingerprint density at radius 2 is 2.03 bits per heavy atom. The molecule has 0 unspecified atom stereocenters. The van der Waals surface area contributed by atoms with Gasteiger partial charge in [0.15, 0.2) is 0 Å². The summed E-state index contributed by atoms with van der Waals surface area (Å²) < 4.78 is 6.12. The minimum absolute atomic E-state index is 0.0639. The normalized spacial score (nSPS) is 23.6.